The van der Waals surface area contributed by atoms with E-state index >= 15 is 0 Å². The number of nitrogens with two attached hydrogens (primary N) is 1. The van der Waals surface area contributed by atoms with Crippen molar-refractivity contribution < 1.29 is 0 Å². The molecule has 0 bridgehead atoms. The van der Waals surface area contributed by atoms with E-state index in [4.69, 9.17) is 5.73 Å². The Hall–Kier alpha value is -2.27. The molecule has 0 spiro atoms. The highest BCUT2D eigenvalue weighted by atomic mass is 15.0. The summed E-state index contributed by atoms with van der Waals surface area (Å²) < 4.78 is 2.02. The molecule has 3 rings (SSSR count). The summed E-state index contributed by atoms with van der Waals surface area (Å²) in [6, 6.07) is 5.91. The zero-order chi connectivity index (χ0) is 12.5. The maximum atomic E-state index is 5.52. The minimum Gasteiger partial charge on any atom is -0.325 e. The second-order valence-corrected chi connectivity index (χ2v) is 4.07. The lowest BCUT2D eigenvalue weighted by Crippen LogP contribution is -2.01. The zero-order valence-electron chi connectivity index (χ0n) is 10.0. The lowest BCUT2D eigenvalue weighted by atomic mass is 10.2. The van der Waals surface area contributed by atoms with Crippen LogP contribution >= 0.6 is 0 Å². The molecule has 5 nitrogen and oxygen atoms in total. The molecule has 0 amide bonds. The van der Waals surface area contributed by atoms with Crippen LogP contribution in [0.4, 0.5) is 0 Å². The van der Waals surface area contributed by atoms with Gasteiger partial charge in [-0.2, -0.15) is 0 Å². The van der Waals surface area contributed by atoms with E-state index in [1.807, 2.05) is 35.7 Å². The maximum absolute atomic E-state index is 5.52. The number of pyridine rings is 1. The van der Waals surface area contributed by atoms with Gasteiger partial charge in [-0.3, -0.25) is 14.4 Å². The van der Waals surface area contributed by atoms with Crippen molar-refractivity contribution in [3.8, 4) is 11.4 Å². The van der Waals surface area contributed by atoms with Crippen LogP contribution in [0.3, 0.4) is 0 Å². The average Bonchev–Trinajstić information content (AvgIpc) is 2.75. The topological polar surface area (TPSA) is 69.1 Å². The van der Waals surface area contributed by atoms with Gasteiger partial charge in [0.1, 0.15) is 11.3 Å². The summed E-state index contributed by atoms with van der Waals surface area (Å²) in [6.45, 7) is 2.38. The third-order valence-electron chi connectivity index (χ3n) is 2.86. The van der Waals surface area contributed by atoms with Crippen LogP contribution in [0.15, 0.2) is 36.8 Å². The smallest absolute Gasteiger partial charge is 0.137 e. The molecule has 0 aliphatic rings. The van der Waals surface area contributed by atoms with Crippen molar-refractivity contribution in [3.63, 3.8) is 0 Å². The lowest BCUT2D eigenvalue weighted by Gasteiger charge is -2.02. The summed E-state index contributed by atoms with van der Waals surface area (Å²) in [6.07, 6.45) is 5.42. The fourth-order valence-electron chi connectivity index (χ4n) is 2.00. The quantitative estimate of drug-likeness (QED) is 0.736. The molecule has 5 heteroatoms. The Morgan fingerprint density at radius 2 is 2.11 bits per heavy atom. The fourth-order valence-corrected chi connectivity index (χ4v) is 2.00. The largest absolute Gasteiger partial charge is 0.325 e. The van der Waals surface area contributed by atoms with E-state index in [9.17, 15) is 0 Å². The second kappa shape index (κ2) is 4.19. The summed E-state index contributed by atoms with van der Waals surface area (Å²) in [7, 11) is 0. The summed E-state index contributed by atoms with van der Waals surface area (Å²) >= 11 is 0. The minimum atomic E-state index is 0.402. The summed E-state index contributed by atoms with van der Waals surface area (Å²) in [5.74, 6) is 0. The van der Waals surface area contributed by atoms with Crippen LogP contribution in [0.1, 0.15) is 11.4 Å². The first-order chi connectivity index (χ1) is 8.79. The average molecular weight is 239 g/mol. The Labute approximate surface area is 104 Å². The molecule has 3 aromatic rings. The van der Waals surface area contributed by atoms with Gasteiger partial charge in [-0.15, -0.1) is 0 Å². The van der Waals surface area contributed by atoms with Crippen LogP contribution in [0.25, 0.3) is 17.0 Å². The molecule has 0 fully saturated rings. The lowest BCUT2D eigenvalue weighted by molar-refractivity contribution is 0.962. The van der Waals surface area contributed by atoms with Crippen LogP contribution in [0.2, 0.25) is 0 Å². The predicted octanol–water partition coefficient (Wildman–Crippen LogP) is 1.56. The standard InChI is InChI=1S/C13H13N5/c1-9-13(11-8-15-10(6-14)7-16-11)18-5-3-2-4-12(18)17-9/h2-5,7-8H,6,14H2,1H3. The first-order valence-corrected chi connectivity index (χ1v) is 5.74. The molecule has 3 aromatic heterocycles. The molecule has 0 aromatic carbocycles. The van der Waals surface area contributed by atoms with E-state index in [0.717, 1.165) is 28.4 Å². The number of aryl methyl sites for hydroxylation is 1. The number of nitrogens with zero attached hydrogens (tertiary/aromatic N) is 4. The van der Waals surface area contributed by atoms with Crippen molar-refractivity contribution >= 4 is 5.65 Å². The van der Waals surface area contributed by atoms with Gasteiger partial charge >= 0.3 is 0 Å². The third-order valence-corrected chi connectivity index (χ3v) is 2.86. The number of rotatable bonds is 2. The first kappa shape index (κ1) is 10.9. The Morgan fingerprint density at radius 3 is 2.83 bits per heavy atom. The van der Waals surface area contributed by atoms with Crippen molar-refractivity contribution in [3.05, 3.63) is 48.2 Å². The van der Waals surface area contributed by atoms with Crippen LogP contribution < -0.4 is 5.73 Å². The molecule has 0 aliphatic carbocycles. The monoisotopic (exact) mass is 239 g/mol. The van der Waals surface area contributed by atoms with Crippen LogP contribution in [0.5, 0.6) is 0 Å². The highest BCUT2D eigenvalue weighted by Gasteiger charge is 2.11. The van der Waals surface area contributed by atoms with Gasteiger partial charge < -0.3 is 5.73 Å². The SMILES string of the molecule is Cc1nc2ccccn2c1-c1cnc(CN)cn1. The van der Waals surface area contributed by atoms with Crippen molar-refractivity contribution in [2.75, 3.05) is 0 Å². The van der Waals surface area contributed by atoms with Crippen LogP contribution in [0, 0.1) is 6.92 Å². The van der Waals surface area contributed by atoms with Crippen molar-refractivity contribution in [2.45, 2.75) is 13.5 Å². The van der Waals surface area contributed by atoms with Gasteiger partial charge in [-0.25, -0.2) is 4.98 Å². The van der Waals surface area contributed by atoms with Gasteiger partial charge in [-0.1, -0.05) is 6.07 Å². The fraction of sp³-hybridized carbons (Fsp3) is 0.154. The minimum absolute atomic E-state index is 0.402. The summed E-state index contributed by atoms with van der Waals surface area (Å²) in [4.78, 5) is 13.2. The Morgan fingerprint density at radius 1 is 1.22 bits per heavy atom. The van der Waals surface area contributed by atoms with Crippen LogP contribution in [-0.4, -0.2) is 19.4 Å². The maximum Gasteiger partial charge on any atom is 0.137 e. The molecule has 90 valence electrons. The van der Waals surface area contributed by atoms with E-state index < -0.39 is 0 Å². The van der Waals surface area contributed by atoms with Gasteiger partial charge in [0, 0.05) is 12.7 Å². The van der Waals surface area contributed by atoms with E-state index in [2.05, 4.69) is 15.0 Å². The van der Waals surface area contributed by atoms with Crippen molar-refractivity contribution in [1.29, 1.82) is 0 Å². The summed E-state index contributed by atoms with van der Waals surface area (Å²) in [5.41, 5.74) is 9.94. The highest BCUT2D eigenvalue weighted by molar-refractivity contribution is 5.63. The Bertz CT molecular complexity index is 684. The molecule has 0 saturated carbocycles. The number of aromatic nitrogens is 4. The molecular formula is C13H13N5. The Balaban J connectivity index is 2.20. The van der Waals surface area contributed by atoms with Gasteiger partial charge in [0.25, 0.3) is 0 Å². The number of fused-ring (bicyclic) bond motifs is 1. The molecule has 18 heavy (non-hydrogen) atoms. The van der Waals surface area contributed by atoms with Crippen molar-refractivity contribution in [2.24, 2.45) is 5.73 Å². The molecular weight excluding hydrogens is 226 g/mol. The van der Waals surface area contributed by atoms with Crippen LogP contribution in [-0.2, 0) is 6.54 Å². The molecule has 0 unspecified atom stereocenters. The molecule has 0 radical (unpaired) electrons. The summed E-state index contributed by atoms with van der Waals surface area (Å²) in [5, 5.41) is 0. The van der Waals surface area contributed by atoms with E-state index in [1.54, 1.807) is 12.4 Å². The molecule has 0 atom stereocenters. The van der Waals surface area contributed by atoms with E-state index in [1.165, 1.54) is 0 Å². The van der Waals surface area contributed by atoms with Gasteiger partial charge in [0.15, 0.2) is 0 Å². The second-order valence-electron chi connectivity index (χ2n) is 4.07. The number of imidazole rings is 1. The van der Waals surface area contributed by atoms with E-state index in [-0.39, 0.29) is 0 Å². The first-order valence-electron chi connectivity index (χ1n) is 5.74. The molecule has 0 saturated heterocycles. The van der Waals surface area contributed by atoms with Gasteiger partial charge in [-0.05, 0) is 19.1 Å². The zero-order valence-corrected chi connectivity index (χ0v) is 10.0. The molecule has 0 aliphatic heterocycles. The normalized spacial score (nSPS) is 11.0. The van der Waals surface area contributed by atoms with E-state index in [0.29, 0.717) is 6.54 Å². The van der Waals surface area contributed by atoms with Crippen molar-refractivity contribution in [1.82, 2.24) is 19.4 Å². The molecule has 3 heterocycles. The number of hydrogen-bond donors (Lipinski definition) is 1. The number of hydrogen-bond acceptors (Lipinski definition) is 4. The van der Waals surface area contributed by atoms with Gasteiger partial charge in [0.05, 0.1) is 29.5 Å². The van der Waals surface area contributed by atoms with Gasteiger partial charge in [0.2, 0.25) is 0 Å². The predicted molar refractivity (Wildman–Crippen MR) is 68.8 cm³/mol. The third kappa shape index (κ3) is 1.65. The Kier molecular flexibility index (Phi) is 2.53. The highest BCUT2D eigenvalue weighted by Crippen LogP contribution is 2.22. The molecule has 2 N–H and O–H groups in total.